The highest BCUT2D eigenvalue weighted by molar-refractivity contribution is 6.38. The molecule has 2 heterocycles. The lowest BCUT2D eigenvalue weighted by Crippen LogP contribution is -2.53. The summed E-state index contributed by atoms with van der Waals surface area (Å²) >= 11 is 0. The van der Waals surface area contributed by atoms with E-state index in [-0.39, 0.29) is 36.7 Å². The molecule has 518 valence electrons. The molecular weight excluding hydrogens is 1240 g/mol. The zero-order chi connectivity index (χ0) is 70.2. The van der Waals surface area contributed by atoms with E-state index in [1.165, 1.54) is 9.80 Å². The quantitative estimate of drug-likeness (QED) is 0.0171. The molecule has 0 spiro atoms. The van der Waals surface area contributed by atoms with Gasteiger partial charge in [-0.05, 0) is 172 Å². The van der Waals surface area contributed by atoms with E-state index in [1.54, 1.807) is 113 Å². The molecule has 2 aliphatic heterocycles. The van der Waals surface area contributed by atoms with Crippen LogP contribution in [-0.4, -0.2) is 107 Å². The smallest absolute Gasteiger partial charge is 0.329 e. The monoisotopic (exact) mass is 1330 g/mol. The van der Waals surface area contributed by atoms with E-state index in [1.807, 2.05) is 86.6 Å². The Balaban J connectivity index is 0.738. The molecule has 2 aliphatic rings. The van der Waals surface area contributed by atoms with Crippen molar-refractivity contribution in [3.05, 3.63) is 213 Å². The van der Waals surface area contributed by atoms with Crippen molar-refractivity contribution < 1.29 is 57.4 Å². The number of benzene rings is 6. The van der Waals surface area contributed by atoms with Crippen LogP contribution in [0.1, 0.15) is 218 Å². The van der Waals surface area contributed by atoms with Gasteiger partial charge in [0, 0.05) is 72.4 Å². The van der Waals surface area contributed by atoms with Gasteiger partial charge in [-0.1, -0.05) is 164 Å². The van der Waals surface area contributed by atoms with E-state index in [2.05, 4.69) is 21.3 Å². The second kappa shape index (κ2) is 36.1. The number of piperidine rings is 2. The van der Waals surface area contributed by atoms with Gasteiger partial charge in [0.2, 0.25) is 11.6 Å². The molecule has 2 unspecified atom stereocenters. The van der Waals surface area contributed by atoms with Gasteiger partial charge >= 0.3 is 11.9 Å². The normalized spacial score (nSPS) is 15.4. The number of hydrogen-bond donors (Lipinski definition) is 4. The topological polar surface area (TPSA) is 244 Å². The lowest BCUT2D eigenvalue weighted by Gasteiger charge is -2.36. The highest BCUT2D eigenvalue weighted by Crippen LogP contribution is 2.32. The SMILES string of the molecule is CCC(C)(C)C(=O)C(=O)N1CCCCC1C(=O)O[C@H](CCc1ccccc1)c1cccc(C(=O)NCc2ccc(C(=O)NCCCCCCNC(=O)c3ccc(CNC(=O)c4cccc([C@@H](CCc5ccccc5)OC(=O)C5CCCCN5C(=O)C(=O)C(C)(C)CC)c4)cc3)cc2)c1. The molecule has 0 radical (unpaired) electrons. The fraction of sp³-hybridized carbons (Fsp3) is 0.425. The maximum absolute atomic E-state index is 14.0. The Hall–Kier alpha value is -9.58. The van der Waals surface area contributed by atoms with Crippen molar-refractivity contribution in [3.8, 4) is 0 Å². The summed E-state index contributed by atoms with van der Waals surface area (Å²) in [7, 11) is 0. The van der Waals surface area contributed by atoms with Gasteiger partial charge in [-0.3, -0.25) is 38.4 Å². The molecule has 0 aromatic heterocycles. The predicted molar refractivity (Wildman–Crippen MR) is 375 cm³/mol. The number of nitrogens with one attached hydrogen (secondary N) is 4. The van der Waals surface area contributed by atoms with E-state index < -0.39 is 70.4 Å². The third-order valence-electron chi connectivity index (χ3n) is 19.1. The summed E-state index contributed by atoms with van der Waals surface area (Å²) < 4.78 is 12.5. The molecule has 6 aromatic rings. The number of ketones is 2. The van der Waals surface area contributed by atoms with Crippen molar-refractivity contribution in [2.75, 3.05) is 26.2 Å². The average Bonchev–Trinajstić information content (AvgIpc) is 0.815. The van der Waals surface area contributed by atoms with Gasteiger partial charge in [-0.15, -0.1) is 0 Å². The number of unbranched alkanes of at least 4 members (excludes halogenated alkanes) is 3. The van der Waals surface area contributed by atoms with E-state index >= 15 is 0 Å². The number of esters is 2. The molecule has 6 aromatic carbocycles. The minimum Gasteiger partial charge on any atom is -0.456 e. The molecule has 0 saturated carbocycles. The second-order valence-corrected chi connectivity index (χ2v) is 27.0. The van der Waals surface area contributed by atoms with Crippen molar-refractivity contribution in [1.82, 2.24) is 31.1 Å². The number of amides is 6. The summed E-state index contributed by atoms with van der Waals surface area (Å²) in [5, 5.41) is 11.9. The zero-order valence-electron chi connectivity index (χ0n) is 57.7. The van der Waals surface area contributed by atoms with Crippen molar-refractivity contribution >= 4 is 58.9 Å². The molecule has 8 rings (SSSR count). The number of carbonyl (C=O) groups is 10. The predicted octanol–water partition coefficient (Wildman–Crippen LogP) is 12.5. The summed E-state index contributed by atoms with van der Waals surface area (Å²) in [5.41, 5.74) is 4.91. The molecule has 98 heavy (non-hydrogen) atoms. The first kappa shape index (κ1) is 74.2. The molecule has 2 saturated heterocycles. The number of likely N-dealkylation sites (tertiary alicyclic amines) is 2. The van der Waals surface area contributed by atoms with Crippen LogP contribution in [-0.2, 0) is 64.2 Å². The van der Waals surface area contributed by atoms with Crippen molar-refractivity contribution in [3.63, 3.8) is 0 Å². The van der Waals surface area contributed by atoms with Crippen LogP contribution in [0.5, 0.6) is 0 Å². The lowest BCUT2D eigenvalue weighted by molar-refractivity contribution is -0.165. The summed E-state index contributed by atoms with van der Waals surface area (Å²) in [5.74, 6) is -4.62. The standard InChI is InChI=1S/C80H96N6O12/c1-7-79(3,4)69(87)75(93)85-49-21-17-33-65(85)77(95)97-67(45-39-55-25-13-11-14-26-55)61-29-23-31-63(51-61)73(91)83-53-57-35-41-59(42-36-57)71(89)81-47-19-9-10-20-48-82-72(90)60-43-37-58(38-44-60)54-84-74(92)64-32-24-30-62(52-64)68(46-40-56-27-15-12-16-28-56)98-78(96)66-34-18-22-50-86(66)76(94)70(88)80(5,6)8-2/h11-16,23-32,35-38,41-44,51-52,65-68H,7-10,17-22,33-34,39-40,45-50,53-54H2,1-6H3,(H,81,89)(H,82,90)(H,83,91)(H,84,92)/t65?,66?,67-,68-/m1/s1. The van der Waals surface area contributed by atoms with Crippen LogP contribution < -0.4 is 21.3 Å². The summed E-state index contributed by atoms with van der Waals surface area (Å²) in [6, 6.07) is 45.8. The Kier molecular flexibility index (Phi) is 27.4. The van der Waals surface area contributed by atoms with Crippen LogP contribution in [0.3, 0.4) is 0 Å². The molecule has 4 N–H and O–H groups in total. The summed E-state index contributed by atoms with van der Waals surface area (Å²) in [4.78, 5) is 138. The molecule has 6 amide bonds. The number of nitrogens with zero attached hydrogens (tertiary/aromatic N) is 2. The Labute approximate surface area is 576 Å². The highest BCUT2D eigenvalue weighted by Gasteiger charge is 2.43. The van der Waals surface area contributed by atoms with Gasteiger partial charge in [0.1, 0.15) is 24.3 Å². The molecule has 18 heteroatoms. The van der Waals surface area contributed by atoms with Gasteiger partial charge < -0.3 is 40.5 Å². The number of rotatable bonds is 33. The van der Waals surface area contributed by atoms with Crippen LogP contribution in [0.2, 0.25) is 0 Å². The molecule has 0 aliphatic carbocycles. The average molecular weight is 1330 g/mol. The maximum Gasteiger partial charge on any atom is 0.329 e. The van der Waals surface area contributed by atoms with Crippen LogP contribution in [0, 0.1) is 10.8 Å². The first-order valence-corrected chi connectivity index (χ1v) is 34.9. The number of aryl methyl sites for hydroxylation is 2. The zero-order valence-corrected chi connectivity index (χ0v) is 57.7. The van der Waals surface area contributed by atoms with Crippen molar-refractivity contribution in [1.29, 1.82) is 0 Å². The Morgan fingerprint density at radius 3 is 1.15 bits per heavy atom. The van der Waals surface area contributed by atoms with Crippen molar-refractivity contribution in [2.45, 2.75) is 182 Å². The number of hydrogen-bond acceptors (Lipinski definition) is 12. The van der Waals surface area contributed by atoms with Crippen LogP contribution in [0.25, 0.3) is 0 Å². The number of carbonyl (C=O) groups excluding carboxylic acids is 10. The minimum absolute atomic E-state index is 0.198. The van der Waals surface area contributed by atoms with Crippen LogP contribution in [0.4, 0.5) is 0 Å². The van der Waals surface area contributed by atoms with E-state index in [9.17, 15) is 47.9 Å². The van der Waals surface area contributed by atoms with E-state index in [4.69, 9.17) is 9.47 Å². The fourth-order valence-corrected chi connectivity index (χ4v) is 12.0. The molecule has 18 nitrogen and oxygen atoms in total. The minimum atomic E-state index is -0.898. The highest BCUT2D eigenvalue weighted by atomic mass is 16.5. The molecule has 4 atom stereocenters. The fourth-order valence-electron chi connectivity index (χ4n) is 12.0. The van der Waals surface area contributed by atoms with Gasteiger partial charge in [0.05, 0.1) is 0 Å². The number of Topliss-reactive ketones (excluding diaryl/α,β-unsaturated/α-hetero) is 2. The first-order chi connectivity index (χ1) is 47.2. The van der Waals surface area contributed by atoms with Crippen molar-refractivity contribution in [2.24, 2.45) is 10.8 Å². The van der Waals surface area contributed by atoms with Gasteiger partial charge in [0.25, 0.3) is 35.4 Å². The van der Waals surface area contributed by atoms with E-state index in [0.29, 0.717) is 137 Å². The third kappa shape index (κ3) is 21.0. The lowest BCUT2D eigenvalue weighted by atomic mass is 9.84. The Morgan fingerprint density at radius 1 is 0.418 bits per heavy atom. The Bertz CT molecular complexity index is 3480. The third-order valence-corrected chi connectivity index (χ3v) is 19.1. The second-order valence-electron chi connectivity index (χ2n) is 27.0. The Morgan fingerprint density at radius 2 is 0.786 bits per heavy atom. The van der Waals surface area contributed by atoms with Gasteiger partial charge in [-0.25, -0.2) is 9.59 Å². The molecular formula is C80H96N6O12. The van der Waals surface area contributed by atoms with Crippen LogP contribution in [0.15, 0.2) is 158 Å². The number of ether oxygens (including phenoxy) is 2. The van der Waals surface area contributed by atoms with E-state index in [0.717, 1.165) is 47.9 Å². The maximum atomic E-state index is 14.0. The summed E-state index contributed by atoms with van der Waals surface area (Å²) in [6.45, 7) is 12.6. The molecule has 2 fully saturated rings. The largest absolute Gasteiger partial charge is 0.456 e. The van der Waals surface area contributed by atoms with Gasteiger partial charge in [0.15, 0.2) is 0 Å². The molecule has 0 bridgehead atoms. The van der Waals surface area contributed by atoms with Gasteiger partial charge in [-0.2, -0.15) is 0 Å². The first-order valence-electron chi connectivity index (χ1n) is 34.9. The summed E-state index contributed by atoms with van der Waals surface area (Å²) in [6.07, 6.45) is 8.24. The van der Waals surface area contributed by atoms with Crippen LogP contribution >= 0.6 is 0 Å².